The summed E-state index contributed by atoms with van der Waals surface area (Å²) in [4.78, 5) is 0. The SMILES string of the molecule is CC(CCCO)NS(=O)(=O)C1CCCCC1. The second-order valence-corrected chi connectivity index (χ2v) is 6.68. The standard InChI is InChI=1S/C11H23NO3S/c1-10(6-5-9-13)12-16(14,15)11-7-3-2-4-8-11/h10-13H,2-9H2,1H3. The Kier molecular flexibility index (Phi) is 5.72. The molecular weight excluding hydrogens is 226 g/mol. The number of hydrogen-bond donors (Lipinski definition) is 2. The highest BCUT2D eigenvalue weighted by Gasteiger charge is 2.27. The van der Waals surface area contributed by atoms with Crippen LogP contribution in [0.1, 0.15) is 51.9 Å². The number of sulfonamides is 1. The van der Waals surface area contributed by atoms with Crippen molar-refractivity contribution >= 4 is 10.0 Å². The lowest BCUT2D eigenvalue weighted by molar-refractivity contribution is 0.279. The van der Waals surface area contributed by atoms with Gasteiger partial charge in [0.05, 0.1) is 5.25 Å². The molecule has 0 spiro atoms. The fourth-order valence-corrected chi connectivity index (χ4v) is 4.03. The minimum Gasteiger partial charge on any atom is -0.396 e. The number of aliphatic hydroxyl groups excluding tert-OH is 1. The van der Waals surface area contributed by atoms with E-state index in [1.165, 1.54) is 0 Å². The molecule has 2 N–H and O–H groups in total. The van der Waals surface area contributed by atoms with Crippen LogP contribution >= 0.6 is 0 Å². The van der Waals surface area contributed by atoms with E-state index < -0.39 is 10.0 Å². The molecule has 1 atom stereocenters. The quantitative estimate of drug-likeness (QED) is 0.748. The number of rotatable bonds is 6. The monoisotopic (exact) mass is 249 g/mol. The lowest BCUT2D eigenvalue weighted by Crippen LogP contribution is -2.40. The molecule has 96 valence electrons. The Hall–Kier alpha value is -0.130. The van der Waals surface area contributed by atoms with Crippen molar-refractivity contribution in [3.8, 4) is 0 Å². The lowest BCUT2D eigenvalue weighted by atomic mass is 10.0. The van der Waals surface area contributed by atoms with Crippen LogP contribution < -0.4 is 4.72 Å². The molecule has 1 fully saturated rings. The Morgan fingerprint density at radius 2 is 1.94 bits per heavy atom. The van der Waals surface area contributed by atoms with Crippen molar-refractivity contribution in [3.63, 3.8) is 0 Å². The maximum Gasteiger partial charge on any atom is 0.214 e. The largest absolute Gasteiger partial charge is 0.396 e. The van der Waals surface area contributed by atoms with Gasteiger partial charge in [0.2, 0.25) is 10.0 Å². The second kappa shape index (κ2) is 6.57. The molecule has 0 heterocycles. The van der Waals surface area contributed by atoms with E-state index in [1.807, 2.05) is 6.92 Å². The molecule has 0 amide bonds. The number of nitrogens with one attached hydrogen (secondary N) is 1. The second-order valence-electron chi connectivity index (χ2n) is 4.69. The fourth-order valence-electron chi connectivity index (χ4n) is 2.21. The molecule has 0 saturated heterocycles. The summed E-state index contributed by atoms with van der Waals surface area (Å²) < 4.78 is 26.7. The Bertz CT molecular complexity index is 284. The molecule has 0 aliphatic heterocycles. The van der Waals surface area contributed by atoms with E-state index in [0.29, 0.717) is 12.8 Å². The fraction of sp³-hybridized carbons (Fsp3) is 1.00. The first-order valence-electron chi connectivity index (χ1n) is 6.18. The van der Waals surface area contributed by atoms with Gasteiger partial charge in [-0.25, -0.2) is 13.1 Å². The normalized spacial score (nSPS) is 20.9. The van der Waals surface area contributed by atoms with E-state index in [1.54, 1.807) is 0 Å². The van der Waals surface area contributed by atoms with E-state index >= 15 is 0 Å². The van der Waals surface area contributed by atoms with Crippen LogP contribution in [0.2, 0.25) is 0 Å². The first kappa shape index (κ1) is 13.9. The molecule has 1 rings (SSSR count). The van der Waals surface area contributed by atoms with Crippen LogP contribution in [-0.4, -0.2) is 31.4 Å². The zero-order chi connectivity index (χ0) is 12.0. The average Bonchev–Trinajstić information content (AvgIpc) is 2.27. The highest BCUT2D eigenvalue weighted by atomic mass is 32.2. The summed E-state index contributed by atoms with van der Waals surface area (Å²) in [6, 6.07) is -0.0703. The van der Waals surface area contributed by atoms with Crippen molar-refractivity contribution in [2.75, 3.05) is 6.61 Å². The molecule has 0 aromatic rings. The van der Waals surface area contributed by atoms with E-state index in [4.69, 9.17) is 5.11 Å². The number of hydrogen-bond acceptors (Lipinski definition) is 3. The van der Waals surface area contributed by atoms with E-state index in [0.717, 1.165) is 32.1 Å². The van der Waals surface area contributed by atoms with Crippen molar-refractivity contribution in [1.29, 1.82) is 0 Å². The van der Waals surface area contributed by atoms with Gasteiger partial charge in [-0.1, -0.05) is 19.3 Å². The van der Waals surface area contributed by atoms with Crippen molar-refractivity contribution in [2.24, 2.45) is 0 Å². The molecule has 1 saturated carbocycles. The van der Waals surface area contributed by atoms with Gasteiger partial charge in [-0.15, -0.1) is 0 Å². The Balaban J connectivity index is 2.43. The highest BCUT2D eigenvalue weighted by molar-refractivity contribution is 7.90. The third-order valence-corrected chi connectivity index (χ3v) is 5.23. The van der Waals surface area contributed by atoms with Gasteiger partial charge in [0, 0.05) is 12.6 Å². The first-order valence-corrected chi connectivity index (χ1v) is 7.73. The molecule has 5 heteroatoms. The van der Waals surface area contributed by atoms with Crippen molar-refractivity contribution in [1.82, 2.24) is 4.72 Å². The molecule has 4 nitrogen and oxygen atoms in total. The highest BCUT2D eigenvalue weighted by Crippen LogP contribution is 2.23. The summed E-state index contributed by atoms with van der Waals surface area (Å²) in [7, 11) is -3.14. The van der Waals surface area contributed by atoms with E-state index in [2.05, 4.69) is 4.72 Å². The summed E-state index contributed by atoms with van der Waals surface area (Å²) in [6.45, 7) is 1.98. The molecule has 0 aromatic heterocycles. The van der Waals surface area contributed by atoms with Crippen molar-refractivity contribution < 1.29 is 13.5 Å². The van der Waals surface area contributed by atoms with Gasteiger partial charge in [-0.05, 0) is 32.6 Å². The third kappa shape index (κ3) is 4.39. The average molecular weight is 249 g/mol. The topological polar surface area (TPSA) is 66.4 Å². The van der Waals surface area contributed by atoms with Crippen LogP contribution in [0, 0.1) is 0 Å². The summed E-state index contributed by atoms with van der Waals surface area (Å²) in [5, 5.41) is 8.49. The summed E-state index contributed by atoms with van der Waals surface area (Å²) in [6.07, 6.45) is 6.14. The molecule has 0 aromatic carbocycles. The zero-order valence-electron chi connectivity index (χ0n) is 9.98. The third-order valence-electron chi connectivity index (χ3n) is 3.15. The van der Waals surface area contributed by atoms with Crippen LogP contribution in [0.25, 0.3) is 0 Å². The van der Waals surface area contributed by atoms with Gasteiger partial charge in [-0.2, -0.15) is 0 Å². The van der Waals surface area contributed by atoms with Gasteiger partial charge < -0.3 is 5.11 Å². The van der Waals surface area contributed by atoms with Crippen LogP contribution in [0.4, 0.5) is 0 Å². The maximum absolute atomic E-state index is 12.0. The van der Waals surface area contributed by atoms with Gasteiger partial charge in [0.15, 0.2) is 0 Å². The Morgan fingerprint density at radius 3 is 2.50 bits per heavy atom. The summed E-state index contributed by atoms with van der Waals surface area (Å²) in [5.74, 6) is 0. The van der Waals surface area contributed by atoms with Crippen molar-refractivity contribution in [2.45, 2.75) is 63.2 Å². The lowest BCUT2D eigenvalue weighted by Gasteiger charge is -2.24. The molecule has 16 heavy (non-hydrogen) atoms. The summed E-state index contributed by atoms with van der Waals surface area (Å²) >= 11 is 0. The van der Waals surface area contributed by atoms with Crippen molar-refractivity contribution in [3.05, 3.63) is 0 Å². The zero-order valence-corrected chi connectivity index (χ0v) is 10.8. The van der Waals surface area contributed by atoms with Crippen LogP contribution in [0.3, 0.4) is 0 Å². The predicted molar refractivity (Wildman–Crippen MR) is 64.7 cm³/mol. The Labute approximate surface area is 98.5 Å². The Morgan fingerprint density at radius 1 is 1.31 bits per heavy atom. The molecular formula is C11H23NO3S. The maximum atomic E-state index is 12.0. The minimum atomic E-state index is -3.14. The van der Waals surface area contributed by atoms with Crippen LogP contribution in [0.5, 0.6) is 0 Å². The van der Waals surface area contributed by atoms with Crippen LogP contribution in [0.15, 0.2) is 0 Å². The smallest absolute Gasteiger partial charge is 0.214 e. The predicted octanol–water partition coefficient (Wildman–Crippen LogP) is 1.40. The van der Waals surface area contributed by atoms with Gasteiger partial charge >= 0.3 is 0 Å². The number of aliphatic hydroxyl groups is 1. The van der Waals surface area contributed by atoms with E-state index in [9.17, 15) is 8.42 Å². The molecule has 0 bridgehead atoms. The molecule has 1 unspecified atom stereocenters. The molecule has 0 radical (unpaired) electrons. The molecule has 1 aliphatic rings. The summed E-state index contributed by atoms with van der Waals surface area (Å²) in [5.41, 5.74) is 0. The van der Waals surface area contributed by atoms with E-state index in [-0.39, 0.29) is 17.9 Å². The van der Waals surface area contributed by atoms with Gasteiger partial charge in [-0.3, -0.25) is 0 Å². The molecule has 1 aliphatic carbocycles. The van der Waals surface area contributed by atoms with Gasteiger partial charge in [0.1, 0.15) is 0 Å². The minimum absolute atomic E-state index is 0.0703. The van der Waals surface area contributed by atoms with Crippen LogP contribution in [-0.2, 0) is 10.0 Å². The van der Waals surface area contributed by atoms with Gasteiger partial charge in [0.25, 0.3) is 0 Å². The first-order chi connectivity index (χ1) is 7.56.